The first kappa shape index (κ1) is 20.7. The van der Waals surface area contributed by atoms with Gasteiger partial charge >= 0.3 is 6.01 Å². The molecule has 0 saturated carbocycles. The van der Waals surface area contributed by atoms with E-state index >= 15 is 0 Å². The van der Waals surface area contributed by atoms with Gasteiger partial charge in [-0.05, 0) is 36.8 Å². The maximum Gasteiger partial charge on any atom is 0.322 e. The molecule has 158 valence electrons. The number of hydrogen-bond acceptors (Lipinski definition) is 7. The van der Waals surface area contributed by atoms with Crippen LogP contribution in [-0.4, -0.2) is 41.4 Å². The first-order chi connectivity index (χ1) is 14.4. The van der Waals surface area contributed by atoms with Crippen LogP contribution < -0.4 is 5.32 Å². The van der Waals surface area contributed by atoms with Gasteiger partial charge in [-0.1, -0.05) is 47.4 Å². The van der Waals surface area contributed by atoms with Crippen LogP contribution in [0, 0.1) is 6.92 Å². The number of carbonyl (C=O) groups excluding carboxylic acids is 1. The molecule has 0 spiro atoms. The van der Waals surface area contributed by atoms with Gasteiger partial charge in [0.05, 0.1) is 6.42 Å². The number of anilines is 1. The van der Waals surface area contributed by atoms with Crippen molar-refractivity contribution >= 4 is 33.3 Å². The average Bonchev–Trinajstić information content (AvgIpc) is 3.42. The van der Waals surface area contributed by atoms with Crippen molar-refractivity contribution < 1.29 is 17.6 Å². The lowest BCUT2D eigenvalue weighted by Gasteiger charge is -2.32. The molecule has 30 heavy (non-hydrogen) atoms. The molecule has 3 aromatic rings. The van der Waals surface area contributed by atoms with Crippen molar-refractivity contribution in [1.29, 1.82) is 0 Å². The average molecular weight is 447 g/mol. The topological polar surface area (TPSA) is 105 Å². The summed E-state index contributed by atoms with van der Waals surface area (Å²) in [4.78, 5) is 12.9. The lowest BCUT2D eigenvalue weighted by Crippen LogP contribution is -2.49. The number of thiophene rings is 1. The first-order valence-corrected chi connectivity index (χ1v) is 12.0. The van der Waals surface area contributed by atoms with Gasteiger partial charge in [0, 0.05) is 6.54 Å². The van der Waals surface area contributed by atoms with Gasteiger partial charge in [0.15, 0.2) is 0 Å². The van der Waals surface area contributed by atoms with Gasteiger partial charge in [0.2, 0.25) is 11.8 Å². The van der Waals surface area contributed by atoms with E-state index in [0.29, 0.717) is 25.3 Å². The van der Waals surface area contributed by atoms with E-state index in [2.05, 4.69) is 15.5 Å². The Labute approximate surface area is 179 Å². The van der Waals surface area contributed by atoms with Crippen molar-refractivity contribution in [1.82, 2.24) is 14.5 Å². The number of nitrogens with one attached hydrogen (secondary N) is 1. The van der Waals surface area contributed by atoms with Crippen LogP contribution in [0.4, 0.5) is 6.01 Å². The molecule has 1 aromatic carbocycles. The van der Waals surface area contributed by atoms with Gasteiger partial charge in [-0.25, -0.2) is 8.42 Å². The van der Waals surface area contributed by atoms with Gasteiger partial charge < -0.3 is 4.42 Å². The Hall–Kier alpha value is -2.56. The SMILES string of the molecule is Cc1ccc(Cc2nnc(NC(=O)C3CCCCN3S(=O)(=O)c3cccs3)o2)cc1. The number of sulfonamides is 1. The smallest absolute Gasteiger partial charge is 0.322 e. The van der Waals surface area contributed by atoms with Gasteiger partial charge in [-0.15, -0.1) is 16.4 Å². The summed E-state index contributed by atoms with van der Waals surface area (Å²) in [7, 11) is -3.72. The molecule has 2 aromatic heterocycles. The molecule has 3 heterocycles. The summed E-state index contributed by atoms with van der Waals surface area (Å²) in [5.41, 5.74) is 2.18. The zero-order chi connectivity index (χ0) is 21.1. The Kier molecular flexibility index (Phi) is 5.98. The third-order valence-electron chi connectivity index (χ3n) is 4.99. The predicted octanol–water partition coefficient (Wildman–Crippen LogP) is 3.21. The van der Waals surface area contributed by atoms with Gasteiger partial charge in [0.25, 0.3) is 10.0 Å². The van der Waals surface area contributed by atoms with E-state index in [9.17, 15) is 13.2 Å². The number of carbonyl (C=O) groups is 1. The van der Waals surface area contributed by atoms with Gasteiger partial charge in [-0.3, -0.25) is 10.1 Å². The lowest BCUT2D eigenvalue weighted by molar-refractivity contribution is -0.120. The second-order valence-corrected chi connectivity index (χ2v) is 10.3. The number of piperidine rings is 1. The zero-order valence-corrected chi connectivity index (χ0v) is 18.1. The van der Waals surface area contributed by atoms with E-state index in [0.717, 1.165) is 35.3 Å². The first-order valence-electron chi connectivity index (χ1n) is 9.67. The summed E-state index contributed by atoms with van der Waals surface area (Å²) in [6.07, 6.45) is 2.39. The minimum Gasteiger partial charge on any atom is -0.407 e. The Morgan fingerprint density at radius 3 is 2.77 bits per heavy atom. The molecule has 1 amide bonds. The number of amides is 1. The van der Waals surface area contributed by atoms with Crippen molar-refractivity contribution in [2.45, 2.75) is 42.9 Å². The molecule has 1 fully saturated rings. The molecule has 8 nitrogen and oxygen atoms in total. The molecule has 1 aliphatic heterocycles. The fourth-order valence-electron chi connectivity index (χ4n) is 3.43. The Morgan fingerprint density at radius 2 is 2.03 bits per heavy atom. The number of rotatable bonds is 6. The summed E-state index contributed by atoms with van der Waals surface area (Å²) in [6.45, 7) is 2.32. The molecular weight excluding hydrogens is 424 g/mol. The van der Waals surface area contributed by atoms with Gasteiger partial charge in [-0.2, -0.15) is 4.31 Å². The van der Waals surface area contributed by atoms with E-state index in [4.69, 9.17) is 4.42 Å². The van der Waals surface area contributed by atoms with E-state index in [1.54, 1.807) is 17.5 Å². The fourth-order valence-corrected chi connectivity index (χ4v) is 6.20. The molecule has 0 aliphatic carbocycles. The standard InChI is InChI=1S/C20H22N4O4S2/c1-14-7-9-15(10-8-14)13-17-22-23-20(28-17)21-19(25)16-5-2-3-11-24(16)30(26,27)18-6-4-12-29-18/h4,6-10,12,16H,2-3,5,11,13H2,1H3,(H,21,23,25). The van der Waals surface area contributed by atoms with Crippen LogP contribution >= 0.6 is 11.3 Å². The highest BCUT2D eigenvalue weighted by molar-refractivity contribution is 7.91. The second kappa shape index (κ2) is 8.66. The second-order valence-electron chi connectivity index (χ2n) is 7.21. The summed E-state index contributed by atoms with van der Waals surface area (Å²) in [6, 6.07) is 10.4. The van der Waals surface area contributed by atoms with Crippen LogP contribution in [0.3, 0.4) is 0 Å². The zero-order valence-electron chi connectivity index (χ0n) is 16.4. The molecular formula is C20H22N4O4S2. The minimum atomic E-state index is -3.72. The number of nitrogens with zero attached hydrogens (tertiary/aromatic N) is 3. The maximum atomic E-state index is 13.0. The van der Waals surface area contributed by atoms with Crippen LogP contribution in [0.25, 0.3) is 0 Å². The van der Waals surface area contributed by atoms with E-state index < -0.39 is 22.0 Å². The number of aromatic nitrogens is 2. The van der Waals surface area contributed by atoms with Gasteiger partial charge in [0.1, 0.15) is 10.3 Å². The summed E-state index contributed by atoms with van der Waals surface area (Å²) in [5, 5.41) is 12.2. The van der Waals surface area contributed by atoms with Crippen LogP contribution in [0.15, 0.2) is 50.4 Å². The van der Waals surface area contributed by atoms with Crippen LogP contribution in [0.2, 0.25) is 0 Å². The Morgan fingerprint density at radius 1 is 1.23 bits per heavy atom. The third-order valence-corrected chi connectivity index (χ3v) is 8.27. The molecule has 0 bridgehead atoms. The molecule has 1 unspecified atom stereocenters. The van der Waals surface area contributed by atoms with Crippen molar-refractivity contribution in [3.8, 4) is 0 Å². The molecule has 1 saturated heterocycles. The fraction of sp³-hybridized carbons (Fsp3) is 0.350. The van der Waals surface area contributed by atoms with Crippen molar-refractivity contribution in [2.24, 2.45) is 0 Å². The number of hydrogen-bond donors (Lipinski definition) is 1. The quantitative estimate of drug-likeness (QED) is 0.623. The monoisotopic (exact) mass is 446 g/mol. The normalized spacial score (nSPS) is 17.7. The summed E-state index contributed by atoms with van der Waals surface area (Å²) in [5.74, 6) is -0.0822. The van der Waals surface area contributed by atoms with Crippen molar-refractivity contribution in [3.63, 3.8) is 0 Å². The molecule has 1 atom stereocenters. The van der Waals surface area contributed by atoms with E-state index in [1.165, 1.54) is 4.31 Å². The largest absolute Gasteiger partial charge is 0.407 e. The molecule has 1 N–H and O–H groups in total. The molecule has 4 rings (SSSR count). The minimum absolute atomic E-state index is 0.0267. The highest BCUT2D eigenvalue weighted by atomic mass is 32.2. The van der Waals surface area contributed by atoms with E-state index in [-0.39, 0.29) is 10.2 Å². The molecule has 1 aliphatic rings. The Bertz CT molecular complexity index is 1110. The highest BCUT2D eigenvalue weighted by Gasteiger charge is 2.38. The van der Waals surface area contributed by atoms with Crippen molar-refractivity contribution in [3.05, 3.63) is 58.8 Å². The third kappa shape index (κ3) is 4.45. The maximum absolute atomic E-state index is 13.0. The van der Waals surface area contributed by atoms with Crippen LogP contribution in [0.1, 0.15) is 36.3 Å². The van der Waals surface area contributed by atoms with Crippen LogP contribution in [0.5, 0.6) is 0 Å². The predicted molar refractivity (Wildman–Crippen MR) is 113 cm³/mol. The van der Waals surface area contributed by atoms with Crippen LogP contribution in [-0.2, 0) is 21.2 Å². The highest BCUT2D eigenvalue weighted by Crippen LogP contribution is 2.28. The van der Waals surface area contributed by atoms with Crippen molar-refractivity contribution in [2.75, 3.05) is 11.9 Å². The Balaban J connectivity index is 1.46. The summed E-state index contributed by atoms with van der Waals surface area (Å²) < 4.78 is 33.0. The number of aryl methyl sites for hydroxylation is 1. The van der Waals surface area contributed by atoms with E-state index in [1.807, 2.05) is 31.2 Å². The molecule has 10 heteroatoms. The summed E-state index contributed by atoms with van der Waals surface area (Å²) >= 11 is 1.14. The number of benzene rings is 1. The lowest BCUT2D eigenvalue weighted by atomic mass is 10.0. The molecule has 0 radical (unpaired) electrons.